The Bertz CT molecular complexity index is 332. The Labute approximate surface area is 179 Å². The number of hydrogen-bond donors (Lipinski definition) is 0. The summed E-state index contributed by atoms with van der Waals surface area (Å²) in [4.78, 5) is 0. The molecule has 0 unspecified atom stereocenters. The second-order valence-electron chi connectivity index (χ2n) is 6.71. The zero-order valence-corrected chi connectivity index (χ0v) is 16.1. The van der Waals surface area contributed by atoms with Crippen LogP contribution in [0.1, 0.15) is 96.8 Å². The number of aryl methyl sites for hydroxylation is 1. The van der Waals surface area contributed by atoms with Crippen LogP contribution in [0, 0.1) is 0 Å². The molecule has 0 spiro atoms. The van der Waals surface area contributed by atoms with Gasteiger partial charge in [-0.1, -0.05) is 90.0 Å². The topological polar surface area (TPSA) is 3.88 Å². The Balaban J connectivity index is 0. The van der Waals surface area contributed by atoms with Gasteiger partial charge in [-0.15, -0.1) is 0 Å². The average Bonchev–Trinajstić information content (AvgIpc) is 2.56. The van der Waals surface area contributed by atoms with Gasteiger partial charge in [-0.25, -0.2) is 4.57 Å². The van der Waals surface area contributed by atoms with Crippen LogP contribution < -0.4 is 17.0 Å². The fourth-order valence-electron chi connectivity index (χ4n) is 3.07. The molecule has 0 aliphatic rings. The number of unbranched alkanes of at least 4 members (excludes halogenated alkanes) is 13. The predicted molar refractivity (Wildman–Crippen MR) is 104 cm³/mol. The van der Waals surface area contributed by atoms with Gasteiger partial charge in [0.25, 0.3) is 0 Å². The van der Waals surface area contributed by atoms with E-state index in [9.17, 15) is 0 Å². The summed E-state index contributed by atoms with van der Waals surface area (Å²) < 4.78 is 2.29. The molecule has 0 atom stereocenters. The van der Waals surface area contributed by atoms with E-state index < -0.39 is 0 Å². The van der Waals surface area contributed by atoms with Crippen LogP contribution in [0.5, 0.6) is 0 Å². The van der Waals surface area contributed by atoms with Gasteiger partial charge in [0.2, 0.25) is 0 Å². The molecule has 136 valence electrons. The summed E-state index contributed by atoms with van der Waals surface area (Å²) in [5.41, 5.74) is 0. The van der Waals surface area contributed by atoms with Crippen molar-refractivity contribution in [3.05, 3.63) is 30.6 Å². The summed E-state index contributed by atoms with van der Waals surface area (Å²) in [6, 6.07) is 6.31. The molecular formula is C21H39ClNNa. The van der Waals surface area contributed by atoms with E-state index in [4.69, 9.17) is 0 Å². The van der Waals surface area contributed by atoms with Gasteiger partial charge in [-0.05, 0) is 6.42 Å². The van der Waals surface area contributed by atoms with E-state index in [2.05, 4.69) is 42.1 Å². The van der Waals surface area contributed by atoms with Crippen molar-refractivity contribution in [2.75, 3.05) is 0 Å². The van der Waals surface area contributed by atoms with E-state index in [1.54, 1.807) is 0 Å². The Kier molecular flexibility index (Phi) is 23.9. The van der Waals surface area contributed by atoms with Crippen LogP contribution >= 0.6 is 0 Å². The van der Waals surface area contributed by atoms with Gasteiger partial charge < -0.3 is 12.4 Å². The van der Waals surface area contributed by atoms with Crippen LogP contribution in [-0.2, 0) is 6.54 Å². The van der Waals surface area contributed by atoms with Crippen LogP contribution in [-0.4, -0.2) is 29.6 Å². The second kappa shape index (κ2) is 21.5. The first kappa shape index (κ1) is 26.7. The van der Waals surface area contributed by atoms with Crippen molar-refractivity contribution >= 4 is 29.6 Å². The third kappa shape index (κ3) is 17.3. The summed E-state index contributed by atoms with van der Waals surface area (Å²) in [5, 5.41) is 0. The summed E-state index contributed by atoms with van der Waals surface area (Å²) in [5.74, 6) is 0. The predicted octanol–water partition coefficient (Wildman–Crippen LogP) is 2.81. The molecule has 0 amide bonds. The Morgan fingerprint density at radius 2 is 0.917 bits per heavy atom. The first-order chi connectivity index (χ1) is 10.9. The van der Waals surface area contributed by atoms with Crippen molar-refractivity contribution in [1.29, 1.82) is 0 Å². The molecule has 3 heteroatoms. The summed E-state index contributed by atoms with van der Waals surface area (Å²) in [6.45, 7) is 3.47. The molecule has 1 nitrogen and oxygen atoms in total. The molecule has 1 aromatic heterocycles. The van der Waals surface area contributed by atoms with Crippen molar-refractivity contribution in [3.63, 3.8) is 0 Å². The average molecular weight is 364 g/mol. The third-order valence-corrected chi connectivity index (χ3v) is 4.55. The Morgan fingerprint density at radius 3 is 1.33 bits per heavy atom. The number of pyridine rings is 1. The quantitative estimate of drug-likeness (QED) is 0.256. The van der Waals surface area contributed by atoms with Gasteiger partial charge in [0.1, 0.15) is 6.54 Å². The van der Waals surface area contributed by atoms with Crippen LogP contribution in [0.25, 0.3) is 0 Å². The van der Waals surface area contributed by atoms with Gasteiger partial charge >= 0.3 is 29.6 Å². The van der Waals surface area contributed by atoms with Crippen LogP contribution in [0.3, 0.4) is 0 Å². The zero-order valence-electron chi connectivity index (χ0n) is 15.3. The Morgan fingerprint density at radius 1 is 0.542 bits per heavy atom. The standard InChI is InChI=1S/C21H38N.ClH.Na.H/c1-2-3-4-5-6-7-8-9-10-11-12-13-14-16-19-22-20-17-15-18-21-22;;;/h15,17-18,20-21H,2-14,16,19H2,1H3;1H;;/q+1;;;/p-1. The molecule has 1 heterocycles. The summed E-state index contributed by atoms with van der Waals surface area (Å²) in [6.07, 6.45) is 24.4. The van der Waals surface area contributed by atoms with Crippen molar-refractivity contribution in [2.45, 2.75) is 103 Å². The van der Waals surface area contributed by atoms with Gasteiger partial charge in [0, 0.05) is 18.6 Å². The number of aromatic nitrogens is 1. The fraction of sp³-hybridized carbons (Fsp3) is 0.762. The molecule has 0 fully saturated rings. The molecule has 1 rings (SSSR count). The van der Waals surface area contributed by atoms with Crippen LogP contribution in [0.15, 0.2) is 30.6 Å². The molecule has 0 saturated carbocycles. The van der Waals surface area contributed by atoms with E-state index in [1.165, 1.54) is 96.4 Å². The maximum absolute atomic E-state index is 2.29. The van der Waals surface area contributed by atoms with Gasteiger partial charge in [0.05, 0.1) is 0 Å². The van der Waals surface area contributed by atoms with Gasteiger partial charge in [-0.2, -0.15) is 0 Å². The van der Waals surface area contributed by atoms with Crippen molar-refractivity contribution in [3.8, 4) is 0 Å². The molecule has 1 aromatic rings. The monoisotopic (exact) mass is 363 g/mol. The van der Waals surface area contributed by atoms with Crippen molar-refractivity contribution in [2.24, 2.45) is 0 Å². The van der Waals surface area contributed by atoms with E-state index in [0.29, 0.717) is 0 Å². The summed E-state index contributed by atoms with van der Waals surface area (Å²) >= 11 is 0. The Hall–Kier alpha value is 0.440. The van der Waals surface area contributed by atoms with E-state index >= 15 is 0 Å². The normalized spacial score (nSPS) is 10.0. The molecule has 0 saturated heterocycles. The van der Waals surface area contributed by atoms with E-state index in [0.717, 1.165) is 0 Å². The van der Waals surface area contributed by atoms with Crippen molar-refractivity contribution < 1.29 is 17.0 Å². The fourth-order valence-corrected chi connectivity index (χ4v) is 3.07. The van der Waals surface area contributed by atoms with Gasteiger partial charge in [0.15, 0.2) is 12.4 Å². The van der Waals surface area contributed by atoms with E-state index in [1.807, 2.05) is 0 Å². The molecule has 0 N–H and O–H groups in total. The SMILES string of the molecule is CCCCCCCCCCCCCCCC[n+]1ccccc1.[Cl-].[NaH]. The molecular weight excluding hydrogens is 325 g/mol. The van der Waals surface area contributed by atoms with Crippen LogP contribution in [0.2, 0.25) is 0 Å². The molecule has 0 bridgehead atoms. The van der Waals surface area contributed by atoms with Crippen molar-refractivity contribution in [1.82, 2.24) is 0 Å². The molecule has 0 radical (unpaired) electrons. The number of hydrogen-bond acceptors (Lipinski definition) is 0. The third-order valence-electron chi connectivity index (χ3n) is 4.55. The summed E-state index contributed by atoms with van der Waals surface area (Å²) in [7, 11) is 0. The molecule has 0 aromatic carbocycles. The molecule has 0 aliphatic heterocycles. The van der Waals surface area contributed by atoms with E-state index in [-0.39, 0.29) is 42.0 Å². The van der Waals surface area contributed by atoms with Gasteiger partial charge in [-0.3, -0.25) is 0 Å². The molecule has 0 aliphatic carbocycles. The number of rotatable bonds is 15. The minimum absolute atomic E-state index is 0. The number of halogens is 1. The zero-order chi connectivity index (χ0) is 15.7. The maximum atomic E-state index is 2.29. The molecule has 24 heavy (non-hydrogen) atoms. The second-order valence-corrected chi connectivity index (χ2v) is 6.71. The first-order valence-electron chi connectivity index (χ1n) is 9.87. The van der Waals surface area contributed by atoms with Crippen LogP contribution in [0.4, 0.5) is 0 Å². The minimum atomic E-state index is 0. The number of nitrogens with zero attached hydrogens (tertiary/aromatic N) is 1. The first-order valence-corrected chi connectivity index (χ1v) is 9.87.